The van der Waals surface area contributed by atoms with E-state index in [1.807, 2.05) is 6.08 Å². The lowest BCUT2D eigenvalue weighted by atomic mass is 9.72. The first-order valence-electron chi connectivity index (χ1n) is 7.96. The number of nitrogens with one attached hydrogen (secondary N) is 1. The third kappa shape index (κ3) is 3.90. The van der Waals surface area contributed by atoms with E-state index in [9.17, 15) is 9.59 Å². The first kappa shape index (κ1) is 16.6. The Bertz CT molecular complexity index is 520. The minimum Gasteiger partial charge on any atom is -0.465 e. The molecule has 5 nitrogen and oxygen atoms in total. The fraction of sp³-hybridized carbons (Fsp3) is 0.647. The van der Waals surface area contributed by atoms with Crippen LogP contribution in [0.15, 0.2) is 23.3 Å². The fourth-order valence-electron chi connectivity index (χ4n) is 3.52. The zero-order chi connectivity index (χ0) is 16.3. The second-order valence-corrected chi connectivity index (χ2v) is 6.98. The highest BCUT2D eigenvalue weighted by atomic mass is 16.4. The number of nitrogens with zero attached hydrogens (tertiary/aromatic N) is 1. The molecule has 1 fully saturated rings. The van der Waals surface area contributed by atoms with Crippen molar-refractivity contribution in [2.24, 2.45) is 5.41 Å². The van der Waals surface area contributed by atoms with Crippen LogP contribution in [0.5, 0.6) is 0 Å². The quantitative estimate of drug-likeness (QED) is 0.788. The number of carbonyl (C=O) groups is 2. The average molecular weight is 306 g/mol. The Morgan fingerprint density at radius 2 is 2.14 bits per heavy atom. The van der Waals surface area contributed by atoms with Crippen LogP contribution in [-0.4, -0.2) is 41.1 Å². The lowest BCUT2D eigenvalue weighted by Crippen LogP contribution is -2.37. The molecule has 0 spiro atoms. The molecule has 122 valence electrons. The molecule has 1 aliphatic carbocycles. The molecule has 0 aromatic carbocycles. The molecule has 5 heteroatoms. The van der Waals surface area contributed by atoms with Crippen molar-refractivity contribution in [3.8, 4) is 0 Å². The summed E-state index contributed by atoms with van der Waals surface area (Å²) in [5.41, 5.74) is 2.76. The second-order valence-electron chi connectivity index (χ2n) is 6.98. The minimum absolute atomic E-state index is 0.0311. The van der Waals surface area contributed by atoms with E-state index in [-0.39, 0.29) is 17.4 Å². The number of carboxylic acid groups (broad SMARTS) is 1. The summed E-state index contributed by atoms with van der Waals surface area (Å²) in [6.07, 6.45) is 6.72. The van der Waals surface area contributed by atoms with Crippen molar-refractivity contribution in [1.29, 1.82) is 0 Å². The van der Waals surface area contributed by atoms with Crippen LogP contribution in [0.4, 0.5) is 4.79 Å². The van der Waals surface area contributed by atoms with Gasteiger partial charge in [0.05, 0.1) is 6.04 Å². The van der Waals surface area contributed by atoms with Crippen molar-refractivity contribution >= 4 is 12.0 Å². The zero-order valence-corrected chi connectivity index (χ0v) is 13.7. The number of carbonyl (C=O) groups excluding carboxylic acids is 1. The Hall–Kier alpha value is -1.78. The molecule has 22 heavy (non-hydrogen) atoms. The molecule has 2 rings (SSSR count). The summed E-state index contributed by atoms with van der Waals surface area (Å²) >= 11 is 0. The van der Waals surface area contributed by atoms with Gasteiger partial charge in [-0.3, -0.25) is 4.79 Å². The number of allylic oxidation sites excluding steroid dienone is 3. The van der Waals surface area contributed by atoms with Gasteiger partial charge >= 0.3 is 6.09 Å². The maximum atomic E-state index is 12.3. The molecule has 2 amide bonds. The van der Waals surface area contributed by atoms with Crippen LogP contribution in [0.25, 0.3) is 0 Å². The van der Waals surface area contributed by atoms with Gasteiger partial charge in [0.2, 0.25) is 5.91 Å². The van der Waals surface area contributed by atoms with Crippen LogP contribution in [0.1, 0.15) is 46.5 Å². The van der Waals surface area contributed by atoms with Gasteiger partial charge in [-0.2, -0.15) is 0 Å². The lowest BCUT2D eigenvalue weighted by Gasteiger charge is -2.33. The topological polar surface area (TPSA) is 69.6 Å². The van der Waals surface area contributed by atoms with Crippen LogP contribution in [0.3, 0.4) is 0 Å². The van der Waals surface area contributed by atoms with Gasteiger partial charge in [-0.1, -0.05) is 25.5 Å². The first-order chi connectivity index (χ1) is 10.3. The zero-order valence-electron chi connectivity index (χ0n) is 13.7. The molecular formula is C17H26N2O3. The largest absolute Gasteiger partial charge is 0.465 e. The summed E-state index contributed by atoms with van der Waals surface area (Å²) in [7, 11) is 0. The van der Waals surface area contributed by atoms with Gasteiger partial charge in [0.1, 0.15) is 0 Å². The summed E-state index contributed by atoms with van der Waals surface area (Å²) < 4.78 is 0. The summed E-state index contributed by atoms with van der Waals surface area (Å²) in [6, 6.07) is -0.151. The highest BCUT2D eigenvalue weighted by Crippen LogP contribution is 2.40. The summed E-state index contributed by atoms with van der Waals surface area (Å²) in [5, 5.41) is 11.2. The third-order valence-corrected chi connectivity index (χ3v) is 4.76. The molecule has 1 heterocycles. The van der Waals surface area contributed by atoms with Crippen molar-refractivity contribution < 1.29 is 14.7 Å². The van der Waals surface area contributed by atoms with E-state index in [1.54, 1.807) is 11.0 Å². The van der Waals surface area contributed by atoms with Gasteiger partial charge in [0.15, 0.2) is 0 Å². The Morgan fingerprint density at radius 1 is 1.41 bits per heavy atom. The molecule has 1 aliphatic heterocycles. The van der Waals surface area contributed by atoms with E-state index in [0.29, 0.717) is 19.5 Å². The van der Waals surface area contributed by atoms with E-state index in [2.05, 4.69) is 26.1 Å². The third-order valence-electron chi connectivity index (χ3n) is 4.76. The van der Waals surface area contributed by atoms with Gasteiger partial charge in [0.25, 0.3) is 0 Å². The molecule has 0 bridgehead atoms. The lowest BCUT2D eigenvalue weighted by molar-refractivity contribution is -0.125. The Labute approximate surface area is 132 Å². The molecule has 1 atom stereocenters. The maximum absolute atomic E-state index is 12.3. The van der Waals surface area contributed by atoms with Crippen molar-refractivity contribution in [3.63, 3.8) is 0 Å². The van der Waals surface area contributed by atoms with Crippen molar-refractivity contribution in [3.05, 3.63) is 23.3 Å². The predicted molar refractivity (Wildman–Crippen MR) is 85.6 cm³/mol. The Morgan fingerprint density at radius 3 is 2.77 bits per heavy atom. The monoisotopic (exact) mass is 306 g/mol. The molecule has 2 aliphatic rings. The van der Waals surface area contributed by atoms with Crippen molar-refractivity contribution in [1.82, 2.24) is 10.2 Å². The van der Waals surface area contributed by atoms with Crippen LogP contribution < -0.4 is 5.32 Å². The SMILES string of the molecule is CC1=C(/C=C/C(=O)N2CCC(NC(=O)O)C2)C(C)(C)CCC1. The molecular weight excluding hydrogens is 280 g/mol. The number of hydrogen-bond donors (Lipinski definition) is 2. The normalized spacial score (nSPS) is 24.9. The van der Waals surface area contributed by atoms with Gasteiger partial charge in [0, 0.05) is 19.2 Å². The highest BCUT2D eigenvalue weighted by Gasteiger charge is 2.28. The molecule has 1 unspecified atom stereocenters. The van der Waals surface area contributed by atoms with Crippen molar-refractivity contribution in [2.75, 3.05) is 13.1 Å². The predicted octanol–water partition coefficient (Wildman–Crippen LogP) is 2.94. The minimum atomic E-state index is -1.03. The summed E-state index contributed by atoms with van der Waals surface area (Å²) in [5.74, 6) is -0.0311. The van der Waals surface area contributed by atoms with Crippen LogP contribution in [0, 0.1) is 5.41 Å². The fourth-order valence-corrected chi connectivity index (χ4v) is 3.52. The van der Waals surface area contributed by atoms with Gasteiger partial charge < -0.3 is 15.3 Å². The Balaban J connectivity index is 1.99. The summed E-state index contributed by atoms with van der Waals surface area (Å²) in [6.45, 7) is 7.66. The highest BCUT2D eigenvalue weighted by molar-refractivity contribution is 5.88. The number of likely N-dealkylation sites (tertiary alicyclic amines) is 1. The first-order valence-corrected chi connectivity index (χ1v) is 7.96. The molecule has 0 radical (unpaired) electrons. The Kier molecular flexibility index (Phi) is 4.94. The molecule has 0 saturated carbocycles. The van der Waals surface area contributed by atoms with Gasteiger partial charge in [-0.25, -0.2) is 4.79 Å². The second kappa shape index (κ2) is 6.55. The molecule has 2 N–H and O–H groups in total. The smallest absolute Gasteiger partial charge is 0.404 e. The van der Waals surface area contributed by atoms with E-state index >= 15 is 0 Å². The van der Waals surface area contributed by atoms with Crippen LogP contribution in [-0.2, 0) is 4.79 Å². The van der Waals surface area contributed by atoms with E-state index in [1.165, 1.54) is 17.6 Å². The standard InChI is InChI=1S/C17H26N2O3/c1-12-5-4-9-17(2,3)14(12)6-7-15(20)19-10-8-13(11-19)18-16(21)22/h6-7,13,18H,4-5,8-11H2,1-3H3,(H,21,22)/b7-6+. The molecule has 0 aromatic heterocycles. The van der Waals surface area contributed by atoms with E-state index in [0.717, 1.165) is 12.8 Å². The number of rotatable bonds is 3. The van der Waals surface area contributed by atoms with E-state index < -0.39 is 6.09 Å². The van der Waals surface area contributed by atoms with Gasteiger partial charge in [-0.15, -0.1) is 0 Å². The maximum Gasteiger partial charge on any atom is 0.404 e. The average Bonchev–Trinajstić information content (AvgIpc) is 2.84. The molecule has 1 saturated heterocycles. The van der Waals surface area contributed by atoms with Crippen LogP contribution in [0.2, 0.25) is 0 Å². The molecule has 0 aromatic rings. The van der Waals surface area contributed by atoms with Crippen LogP contribution >= 0.6 is 0 Å². The van der Waals surface area contributed by atoms with E-state index in [4.69, 9.17) is 5.11 Å². The van der Waals surface area contributed by atoms with Gasteiger partial charge in [-0.05, 0) is 43.6 Å². The number of amides is 2. The number of hydrogen-bond acceptors (Lipinski definition) is 2. The van der Waals surface area contributed by atoms with Crippen molar-refractivity contribution in [2.45, 2.75) is 52.5 Å². The summed E-state index contributed by atoms with van der Waals surface area (Å²) in [4.78, 5) is 24.6.